The first-order valence-electron chi connectivity index (χ1n) is 6.71. The van der Waals surface area contributed by atoms with E-state index in [2.05, 4.69) is 20.9 Å². The van der Waals surface area contributed by atoms with E-state index in [1.54, 1.807) is 19.2 Å². The average molecular weight is 393 g/mol. The van der Waals surface area contributed by atoms with E-state index in [-0.39, 0.29) is 0 Å². The minimum absolute atomic E-state index is 0.390. The Bertz CT molecular complexity index is 693. The van der Waals surface area contributed by atoms with Crippen LogP contribution in [-0.4, -0.2) is 51.0 Å². The van der Waals surface area contributed by atoms with Gasteiger partial charge >= 0.3 is 0 Å². The number of ether oxygens (including phenoxy) is 2. The highest BCUT2D eigenvalue weighted by Gasteiger charge is 2.43. The van der Waals surface area contributed by atoms with Crippen molar-refractivity contribution in [2.75, 3.05) is 0 Å². The van der Waals surface area contributed by atoms with Crippen LogP contribution in [0.3, 0.4) is 0 Å². The third-order valence-electron chi connectivity index (χ3n) is 3.75. The number of halogens is 2. The van der Waals surface area contributed by atoms with Gasteiger partial charge in [0.2, 0.25) is 6.29 Å². The Kier molecular flexibility index (Phi) is 4.37. The van der Waals surface area contributed by atoms with Crippen LogP contribution in [0.25, 0.3) is 10.9 Å². The molecule has 120 valence electrons. The molecule has 0 bridgehead atoms. The fourth-order valence-electron chi connectivity index (χ4n) is 2.46. The van der Waals surface area contributed by atoms with Crippen molar-refractivity contribution < 1.29 is 24.8 Å². The topological polar surface area (TPSA) is 94.9 Å². The van der Waals surface area contributed by atoms with Crippen molar-refractivity contribution >= 4 is 38.4 Å². The number of rotatable bonds is 2. The lowest BCUT2D eigenvalue weighted by molar-refractivity contribution is -0.267. The summed E-state index contributed by atoms with van der Waals surface area (Å²) in [5.41, 5.74) is 0.766. The molecule has 3 rings (SSSR count). The number of nitrogens with one attached hydrogen (secondary N) is 1. The first-order chi connectivity index (χ1) is 10.4. The second-order valence-electron chi connectivity index (χ2n) is 5.24. The number of hydrogen-bond acceptors (Lipinski definition) is 5. The first-order valence-corrected chi connectivity index (χ1v) is 7.88. The number of aromatic nitrogens is 1. The van der Waals surface area contributed by atoms with Crippen LogP contribution in [0.2, 0.25) is 5.02 Å². The lowest BCUT2D eigenvalue weighted by atomic mass is 10.00. The highest BCUT2D eigenvalue weighted by Crippen LogP contribution is 2.38. The normalized spacial score (nSPS) is 32.4. The molecule has 1 aromatic carbocycles. The number of aliphatic hydroxyl groups excluding tert-OH is 3. The van der Waals surface area contributed by atoms with Crippen molar-refractivity contribution in [1.82, 2.24) is 4.98 Å². The second-order valence-corrected chi connectivity index (χ2v) is 6.47. The van der Waals surface area contributed by atoms with Gasteiger partial charge in [0, 0.05) is 10.7 Å². The van der Waals surface area contributed by atoms with Gasteiger partial charge in [0.1, 0.15) is 24.1 Å². The lowest BCUT2D eigenvalue weighted by Gasteiger charge is -2.38. The van der Waals surface area contributed by atoms with Gasteiger partial charge in [-0.25, -0.2) is 0 Å². The number of aliphatic hydroxyl groups is 3. The minimum Gasteiger partial charge on any atom is -0.460 e. The third-order valence-corrected chi connectivity index (χ3v) is 5.03. The van der Waals surface area contributed by atoms with E-state index >= 15 is 0 Å². The van der Waals surface area contributed by atoms with E-state index in [9.17, 15) is 15.3 Å². The summed E-state index contributed by atoms with van der Waals surface area (Å²) in [5.74, 6) is 0.390. The van der Waals surface area contributed by atoms with Gasteiger partial charge in [-0.15, -0.1) is 0 Å². The van der Waals surface area contributed by atoms with E-state index in [0.717, 1.165) is 5.52 Å². The Balaban J connectivity index is 1.92. The average Bonchev–Trinajstić information content (AvgIpc) is 2.90. The van der Waals surface area contributed by atoms with Crippen molar-refractivity contribution in [2.45, 2.75) is 37.6 Å². The Labute approximate surface area is 139 Å². The van der Waals surface area contributed by atoms with Crippen LogP contribution in [0.15, 0.2) is 22.8 Å². The second kappa shape index (κ2) is 5.99. The van der Waals surface area contributed by atoms with Gasteiger partial charge in [-0.3, -0.25) is 0 Å². The Morgan fingerprint density at radius 1 is 1.23 bits per heavy atom. The maximum Gasteiger partial charge on any atom is 0.229 e. The van der Waals surface area contributed by atoms with Crippen LogP contribution in [0, 0.1) is 0 Å². The Morgan fingerprint density at radius 2 is 1.95 bits per heavy atom. The van der Waals surface area contributed by atoms with Crippen molar-refractivity contribution in [3.8, 4) is 5.75 Å². The molecule has 0 radical (unpaired) electrons. The Morgan fingerprint density at radius 3 is 2.68 bits per heavy atom. The molecule has 2 heterocycles. The maximum atomic E-state index is 10.0. The molecular formula is C14H15BrClNO5. The number of fused-ring (bicyclic) bond motifs is 1. The zero-order chi connectivity index (χ0) is 16.0. The standard InChI is InChI=1S/C14H15BrClNO5/c1-5-11(18)12(19)13(20)14(21-5)22-8-4-17-7-3-2-6(15)10(16)9(7)8/h2-5,11-14,17-20H,1H3/t5-,11-,12-,13-,14+/m1/s1. The number of aromatic amines is 1. The molecule has 1 fully saturated rings. The van der Waals surface area contributed by atoms with Crippen LogP contribution < -0.4 is 4.74 Å². The fourth-order valence-corrected chi connectivity index (χ4v) is 3.04. The van der Waals surface area contributed by atoms with Crippen LogP contribution in [0.4, 0.5) is 0 Å². The zero-order valence-electron chi connectivity index (χ0n) is 11.5. The molecule has 0 saturated carbocycles. The first kappa shape index (κ1) is 16.0. The lowest BCUT2D eigenvalue weighted by Crippen LogP contribution is -2.58. The van der Waals surface area contributed by atoms with Gasteiger partial charge in [0.05, 0.1) is 22.0 Å². The molecule has 0 unspecified atom stereocenters. The molecule has 22 heavy (non-hydrogen) atoms. The molecule has 4 N–H and O–H groups in total. The summed E-state index contributed by atoms with van der Waals surface area (Å²) in [6, 6.07) is 3.64. The zero-order valence-corrected chi connectivity index (χ0v) is 13.9. The van der Waals surface area contributed by atoms with Crippen molar-refractivity contribution in [1.29, 1.82) is 0 Å². The summed E-state index contributed by atoms with van der Waals surface area (Å²) < 4.78 is 11.8. The summed E-state index contributed by atoms with van der Waals surface area (Å²) in [6.07, 6.45) is -4.07. The van der Waals surface area contributed by atoms with Gasteiger partial charge in [-0.1, -0.05) is 11.6 Å². The number of hydrogen-bond donors (Lipinski definition) is 4. The molecular weight excluding hydrogens is 378 g/mol. The SMILES string of the molecule is C[C@H]1O[C@@H](Oc2c[nH]c3ccc(Br)c(Cl)c23)[C@H](O)[C@H](O)[C@@H]1O. The van der Waals surface area contributed by atoms with E-state index in [1.165, 1.54) is 0 Å². The molecule has 0 aliphatic carbocycles. The van der Waals surface area contributed by atoms with Crippen LogP contribution in [0.1, 0.15) is 6.92 Å². The van der Waals surface area contributed by atoms with Crippen molar-refractivity contribution in [3.63, 3.8) is 0 Å². The van der Waals surface area contributed by atoms with Gasteiger partial charge in [0.25, 0.3) is 0 Å². The largest absolute Gasteiger partial charge is 0.460 e. The van der Waals surface area contributed by atoms with E-state index in [0.29, 0.717) is 20.6 Å². The third kappa shape index (κ3) is 2.62. The molecule has 0 amide bonds. The number of benzene rings is 1. The van der Waals surface area contributed by atoms with Gasteiger partial charge in [0.15, 0.2) is 0 Å². The van der Waals surface area contributed by atoms with E-state index in [4.69, 9.17) is 21.1 Å². The van der Waals surface area contributed by atoms with Gasteiger partial charge in [-0.2, -0.15) is 0 Å². The summed E-state index contributed by atoms with van der Waals surface area (Å²) >= 11 is 9.61. The highest BCUT2D eigenvalue weighted by molar-refractivity contribution is 9.10. The van der Waals surface area contributed by atoms with Crippen LogP contribution in [-0.2, 0) is 4.74 Å². The highest BCUT2D eigenvalue weighted by atomic mass is 79.9. The Hall–Kier alpha value is -0.830. The summed E-state index contributed by atoms with van der Waals surface area (Å²) in [4.78, 5) is 3.01. The molecule has 2 aromatic rings. The smallest absolute Gasteiger partial charge is 0.229 e. The summed E-state index contributed by atoms with van der Waals surface area (Å²) in [5, 5.41) is 30.6. The van der Waals surface area contributed by atoms with Crippen molar-refractivity contribution in [2.24, 2.45) is 0 Å². The predicted octanol–water partition coefficient (Wildman–Crippen LogP) is 1.79. The minimum atomic E-state index is -1.37. The quantitative estimate of drug-likeness (QED) is 0.625. The summed E-state index contributed by atoms with van der Waals surface area (Å²) in [7, 11) is 0. The molecule has 8 heteroatoms. The van der Waals surface area contributed by atoms with Crippen molar-refractivity contribution in [3.05, 3.63) is 27.8 Å². The molecule has 1 aliphatic heterocycles. The molecule has 1 aromatic heterocycles. The monoisotopic (exact) mass is 391 g/mol. The molecule has 1 saturated heterocycles. The molecule has 6 nitrogen and oxygen atoms in total. The predicted molar refractivity (Wildman–Crippen MR) is 84.0 cm³/mol. The molecule has 5 atom stereocenters. The van der Waals surface area contributed by atoms with Crippen LogP contribution in [0.5, 0.6) is 5.75 Å². The summed E-state index contributed by atoms with van der Waals surface area (Å²) in [6.45, 7) is 1.59. The van der Waals surface area contributed by atoms with E-state index < -0.39 is 30.7 Å². The molecule has 1 aliphatic rings. The maximum absolute atomic E-state index is 10.0. The fraction of sp³-hybridized carbons (Fsp3) is 0.429. The molecule has 0 spiro atoms. The van der Waals surface area contributed by atoms with E-state index in [1.807, 2.05) is 6.07 Å². The number of H-pyrrole nitrogens is 1. The van der Waals surface area contributed by atoms with Crippen LogP contribution >= 0.6 is 27.5 Å². The van der Waals surface area contributed by atoms with Gasteiger partial charge in [-0.05, 0) is 35.0 Å². The van der Waals surface area contributed by atoms with Gasteiger partial charge < -0.3 is 29.8 Å².